The Morgan fingerprint density at radius 3 is 1.39 bits per heavy atom. The van der Waals surface area contributed by atoms with Gasteiger partial charge in [0.15, 0.2) is 0 Å². The van der Waals surface area contributed by atoms with Gasteiger partial charge >= 0.3 is 5.97 Å². The van der Waals surface area contributed by atoms with Crippen LogP contribution in [0.2, 0.25) is 0 Å². The van der Waals surface area contributed by atoms with Gasteiger partial charge in [0.05, 0.1) is 6.61 Å². The van der Waals surface area contributed by atoms with E-state index in [1.54, 1.807) is 0 Å². The van der Waals surface area contributed by atoms with Crippen molar-refractivity contribution in [3.63, 3.8) is 0 Å². The Morgan fingerprint density at radius 1 is 0.710 bits per heavy atom. The van der Waals surface area contributed by atoms with Gasteiger partial charge in [0, 0.05) is 43.4 Å². The van der Waals surface area contributed by atoms with Crippen LogP contribution in [0.1, 0.15) is 0 Å². The van der Waals surface area contributed by atoms with E-state index in [9.17, 15) is 4.79 Å². The molecule has 0 saturated carbocycles. The molecule has 0 amide bonds. The van der Waals surface area contributed by atoms with Gasteiger partial charge in [-0.05, 0) is 36.4 Å². The van der Waals surface area contributed by atoms with Crippen molar-refractivity contribution >= 4 is 41.3 Å². The van der Waals surface area contributed by atoms with Gasteiger partial charge in [-0.2, -0.15) is 0 Å². The summed E-state index contributed by atoms with van der Waals surface area (Å²) in [4.78, 5) is 15.6. The molecule has 0 aliphatic heterocycles. The van der Waals surface area contributed by atoms with Gasteiger partial charge in [-0.15, -0.1) is 35.3 Å². The van der Waals surface area contributed by atoms with Crippen molar-refractivity contribution in [2.75, 3.05) is 23.9 Å². The number of rotatable bonds is 12. The summed E-state index contributed by atoms with van der Waals surface area (Å²) in [5, 5.41) is 0. The molecule has 0 heterocycles. The highest BCUT2D eigenvalue weighted by atomic mass is 32.2. The summed E-state index contributed by atoms with van der Waals surface area (Å²) in [5.74, 6) is 2.17. The van der Waals surface area contributed by atoms with Crippen LogP contribution in [-0.2, 0) is 9.53 Å². The van der Waals surface area contributed by atoms with Gasteiger partial charge < -0.3 is 4.74 Å². The summed E-state index contributed by atoms with van der Waals surface area (Å²) < 4.78 is 5.62. The highest BCUT2D eigenvalue weighted by Gasteiger charge is 2.33. The first-order chi connectivity index (χ1) is 15.2. The van der Waals surface area contributed by atoms with Crippen LogP contribution in [0.4, 0.5) is 0 Å². The monoisotopic (exact) mass is 466 g/mol. The van der Waals surface area contributed by atoms with Gasteiger partial charge in [-0.3, -0.25) is 0 Å². The number of hydrogen-bond acceptors (Lipinski definition) is 5. The number of carbonyl (C=O) groups excluding carboxylic acids is 1. The number of thioether (sulfide) groups is 3. The van der Waals surface area contributed by atoms with Crippen molar-refractivity contribution in [3.05, 3.63) is 104 Å². The van der Waals surface area contributed by atoms with Gasteiger partial charge in [0.1, 0.15) is 0 Å². The molecule has 31 heavy (non-hydrogen) atoms. The van der Waals surface area contributed by atoms with E-state index < -0.39 is 0 Å². The van der Waals surface area contributed by atoms with Crippen LogP contribution in [0.25, 0.3) is 0 Å². The smallest absolute Gasteiger partial charge is 0.330 e. The summed E-state index contributed by atoms with van der Waals surface area (Å²) in [5.41, 5.74) is -0.208. The molecule has 3 rings (SSSR count). The second kappa shape index (κ2) is 12.7. The number of hydrogen-bond donors (Lipinski definition) is 0. The lowest BCUT2D eigenvalue weighted by atomic mass is 9.97. The van der Waals surface area contributed by atoms with Crippen molar-refractivity contribution in [1.82, 2.24) is 0 Å². The van der Waals surface area contributed by atoms with Crippen LogP contribution in [-0.4, -0.2) is 29.8 Å². The summed E-state index contributed by atoms with van der Waals surface area (Å²) in [6.07, 6.45) is 1.24. The fourth-order valence-corrected chi connectivity index (χ4v) is 6.51. The van der Waals surface area contributed by atoms with Crippen LogP contribution in [0.5, 0.6) is 0 Å². The molecule has 160 valence electrons. The molecule has 0 atom stereocenters. The largest absolute Gasteiger partial charge is 0.462 e. The van der Waals surface area contributed by atoms with Crippen molar-refractivity contribution in [2.24, 2.45) is 5.41 Å². The van der Waals surface area contributed by atoms with Crippen LogP contribution >= 0.6 is 35.3 Å². The maximum atomic E-state index is 11.9. The van der Waals surface area contributed by atoms with Crippen LogP contribution in [0.15, 0.2) is 118 Å². The third-order valence-electron chi connectivity index (χ3n) is 4.55. The maximum absolute atomic E-state index is 11.9. The fraction of sp³-hybridized carbons (Fsp3) is 0.192. The number of ether oxygens (including phenoxy) is 1. The summed E-state index contributed by atoms with van der Waals surface area (Å²) in [6.45, 7) is 3.91. The van der Waals surface area contributed by atoms with Gasteiger partial charge in [-0.25, -0.2) is 4.79 Å². The van der Waals surface area contributed by atoms with Crippen molar-refractivity contribution in [3.8, 4) is 0 Å². The van der Waals surface area contributed by atoms with Gasteiger partial charge in [-0.1, -0.05) is 61.2 Å². The molecule has 0 fully saturated rings. The standard InChI is InChI=1S/C26H26O2S3/c1-2-25(27)28-18-26(19-29-22-12-6-3-7-13-22,20-30-23-14-8-4-9-15-23)21-31-24-16-10-5-11-17-24/h2-17H,1,18-21H2. The molecule has 3 aromatic carbocycles. The minimum Gasteiger partial charge on any atom is -0.462 e. The lowest BCUT2D eigenvalue weighted by Gasteiger charge is -2.32. The third kappa shape index (κ3) is 8.17. The molecule has 0 aromatic heterocycles. The van der Waals surface area contributed by atoms with Crippen molar-refractivity contribution in [1.29, 1.82) is 0 Å². The number of esters is 1. The summed E-state index contributed by atoms with van der Waals surface area (Å²) in [7, 11) is 0. The quantitative estimate of drug-likeness (QED) is 0.161. The van der Waals surface area contributed by atoms with Crippen LogP contribution in [0.3, 0.4) is 0 Å². The number of benzene rings is 3. The second-order valence-corrected chi connectivity index (χ2v) is 10.3. The lowest BCUT2D eigenvalue weighted by Crippen LogP contribution is -2.36. The molecule has 0 aliphatic rings. The highest BCUT2D eigenvalue weighted by Crippen LogP contribution is 2.38. The number of carbonyl (C=O) groups is 1. The molecule has 0 saturated heterocycles. The van der Waals surface area contributed by atoms with Crippen LogP contribution in [0, 0.1) is 5.41 Å². The van der Waals surface area contributed by atoms with Gasteiger partial charge in [0.2, 0.25) is 0 Å². The van der Waals surface area contributed by atoms with E-state index in [2.05, 4.69) is 79.4 Å². The van der Waals surface area contributed by atoms with Crippen molar-refractivity contribution < 1.29 is 9.53 Å². The van der Waals surface area contributed by atoms with E-state index in [0.29, 0.717) is 6.61 Å². The van der Waals surface area contributed by atoms with E-state index in [-0.39, 0.29) is 11.4 Å². The normalized spacial score (nSPS) is 11.1. The summed E-state index contributed by atoms with van der Waals surface area (Å²) in [6, 6.07) is 31.2. The third-order valence-corrected chi connectivity index (χ3v) is 8.64. The molecular weight excluding hydrogens is 440 g/mol. The average molecular weight is 467 g/mol. The molecule has 3 aromatic rings. The zero-order valence-corrected chi connectivity index (χ0v) is 19.8. The molecule has 0 aliphatic carbocycles. The van der Waals surface area contributed by atoms with E-state index in [1.165, 1.54) is 20.8 Å². The van der Waals surface area contributed by atoms with Crippen LogP contribution < -0.4 is 0 Å². The molecule has 0 unspecified atom stereocenters. The minimum absolute atomic E-state index is 0.208. The highest BCUT2D eigenvalue weighted by molar-refractivity contribution is 8.01. The molecule has 2 nitrogen and oxygen atoms in total. The van der Waals surface area contributed by atoms with E-state index in [4.69, 9.17) is 4.74 Å². The molecule has 0 bridgehead atoms. The first-order valence-corrected chi connectivity index (χ1v) is 13.0. The second-order valence-electron chi connectivity index (χ2n) is 7.12. The maximum Gasteiger partial charge on any atom is 0.330 e. The summed E-state index contributed by atoms with van der Waals surface area (Å²) >= 11 is 5.44. The SMILES string of the molecule is C=CC(=O)OCC(CSc1ccccc1)(CSc1ccccc1)CSc1ccccc1. The average Bonchev–Trinajstić information content (AvgIpc) is 2.85. The lowest BCUT2D eigenvalue weighted by molar-refractivity contribution is -0.140. The van der Waals surface area contributed by atoms with E-state index >= 15 is 0 Å². The van der Waals surface area contributed by atoms with E-state index in [0.717, 1.165) is 17.3 Å². The molecule has 0 spiro atoms. The zero-order chi connectivity index (χ0) is 21.8. The molecule has 5 heteroatoms. The van der Waals surface area contributed by atoms with E-state index in [1.807, 2.05) is 53.5 Å². The zero-order valence-electron chi connectivity index (χ0n) is 17.3. The van der Waals surface area contributed by atoms with Crippen molar-refractivity contribution in [2.45, 2.75) is 14.7 Å². The Bertz CT molecular complexity index is 824. The predicted octanol–water partition coefficient (Wildman–Crippen LogP) is 7.08. The first-order valence-electron chi connectivity index (χ1n) is 10.0. The minimum atomic E-state index is -0.372. The predicted molar refractivity (Wildman–Crippen MR) is 135 cm³/mol. The molecule has 0 N–H and O–H groups in total. The Balaban J connectivity index is 1.80. The Kier molecular flexibility index (Phi) is 9.66. The fourth-order valence-electron chi connectivity index (χ4n) is 2.79. The Hall–Kier alpha value is -2.08. The Labute approximate surface area is 197 Å². The first kappa shape index (κ1) is 23.6. The molecular formula is C26H26O2S3. The Morgan fingerprint density at radius 2 is 1.06 bits per heavy atom. The van der Waals surface area contributed by atoms with Gasteiger partial charge in [0.25, 0.3) is 0 Å². The molecule has 0 radical (unpaired) electrons. The topological polar surface area (TPSA) is 26.3 Å².